The summed E-state index contributed by atoms with van der Waals surface area (Å²) in [6.07, 6.45) is -5.93. The smallest absolute Gasteiger partial charge is 0.362 e. The molecule has 0 saturated heterocycles. The molecule has 0 fully saturated rings. The molecule has 1 aliphatic rings. The van der Waals surface area contributed by atoms with Crippen LogP contribution in [0.15, 0.2) is 53.6 Å². The van der Waals surface area contributed by atoms with Crippen LogP contribution in [0.2, 0.25) is 5.02 Å². The molecule has 4 nitrogen and oxygen atoms in total. The van der Waals surface area contributed by atoms with Crippen LogP contribution in [0.5, 0.6) is 0 Å². The summed E-state index contributed by atoms with van der Waals surface area (Å²) >= 11 is 5.74. The Balaban J connectivity index is 2.03. The summed E-state index contributed by atoms with van der Waals surface area (Å²) in [6, 6.07) is 11.9. The Morgan fingerprint density at radius 2 is 1.73 bits per heavy atom. The summed E-state index contributed by atoms with van der Waals surface area (Å²) in [5.41, 5.74) is -2.17. The minimum absolute atomic E-state index is 0.0212. The van der Waals surface area contributed by atoms with Gasteiger partial charge in [-0.05, 0) is 36.8 Å². The fourth-order valence-electron chi connectivity index (χ4n) is 2.60. The summed E-state index contributed by atoms with van der Waals surface area (Å²) in [6.45, 7) is 1.84. The lowest BCUT2D eigenvalue weighted by molar-refractivity contribution is -0.297. The number of nitrogens with zero attached hydrogens (tertiary/aromatic N) is 2. The van der Waals surface area contributed by atoms with E-state index in [-0.39, 0.29) is 16.3 Å². The van der Waals surface area contributed by atoms with Gasteiger partial charge in [-0.3, -0.25) is 4.79 Å². The van der Waals surface area contributed by atoms with Crippen LogP contribution >= 0.6 is 11.6 Å². The number of hydrogen-bond acceptors (Lipinski definition) is 3. The predicted molar refractivity (Wildman–Crippen MR) is 91.0 cm³/mol. The fourth-order valence-corrected chi connectivity index (χ4v) is 2.73. The van der Waals surface area contributed by atoms with Gasteiger partial charge in [-0.25, -0.2) is 0 Å². The van der Waals surface area contributed by atoms with Gasteiger partial charge in [0, 0.05) is 10.6 Å². The Hall–Kier alpha value is -2.38. The molecule has 1 amide bonds. The fraction of sp³-hybridized carbons (Fsp3) is 0.222. The number of rotatable bonds is 2. The van der Waals surface area contributed by atoms with Gasteiger partial charge < -0.3 is 5.11 Å². The lowest BCUT2D eigenvalue weighted by Crippen LogP contribution is -2.56. The molecule has 8 heteroatoms. The Morgan fingerprint density at radius 3 is 2.27 bits per heavy atom. The molecule has 1 N–H and O–H groups in total. The number of halogens is 4. The Bertz CT molecular complexity index is 864. The molecule has 2 aromatic rings. The number of hydrogen-bond donors (Lipinski definition) is 1. The second kappa shape index (κ2) is 6.41. The van der Waals surface area contributed by atoms with Crippen LogP contribution in [0.3, 0.4) is 0 Å². The van der Waals surface area contributed by atoms with E-state index >= 15 is 0 Å². The van der Waals surface area contributed by atoms with Crippen molar-refractivity contribution >= 4 is 23.2 Å². The topological polar surface area (TPSA) is 52.9 Å². The van der Waals surface area contributed by atoms with Gasteiger partial charge in [0.25, 0.3) is 11.6 Å². The molecule has 1 aliphatic heterocycles. The molecule has 0 unspecified atom stereocenters. The maximum Gasteiger partial charge on any atom is 0.438 e. The molecule has 1 atom stereocenters. The zero-order valence-corrected chi connectivity index (χ0v) is 14.3. The molecule has 2 aromatic carbocycles. The highest BCUT2D eigenvalue weighted by Gasteiger charge is 2.63. The molecule has 0 aromatic heterocycles. The van der Waals surface area contributed by atoms with E-state index in [1.807, 2.05) is 6.92 Å². The summed E-state index contributed by atoms with van der Waals surface area (Å²) in [5, 5.41) is 14.5. The van der Waals surface area contributed by atoms with Gasteiger partial charge >= 0.3 is 6.18 Å². The largest absolute Gasteiger partial charge is 0.438 e. The van der Waals surface area contributed by atoms with E-state index in [0.29, 0.717) is 10.6 Å². The van der Waals surface area contributed by atoms with Crippen molar-refractivity contribution in [2.75, 3.05) is 0 Å². The normalized spacial score (nSPS) is 20.2. The van der Waals surface area contributed by atoms with Gasteiger partial charge in [0.15, 0.2) is 0 Å². The lowest BCUT2D eigenvalue weighted by Gasteiger charge is -2.32. The quantitative estimate of drug-likeness (QED) is 0.848. The summed E-state index contributed by atoms with van der Waals surface area (Å²) in [4.78, 5) is 12.6. The van der Waals surface area contributed by atoms with Crippen molar-refractivity contribution in [1.29, 1.82) is 0 Å². The van der Waals surface area contributed by atoms with Crippen molar-refractivity contribution < 1.29 is 23.1 Å². The summed E-state index contributed by atoms with van der Waals surface area (Å²) in [5.74, 6) is -1.07. The molecule has 0 bridgehead atoms. The van der Waals surface area contributed by atoms with E-state index in [1.54, 1.807) is 24.3 Å². The first kappa shape index (κ1) is 18.4. The second-order valence-corrected chi connectivity index (χ2v) is 6.46. The molecule has 0 saturated carbocycles. The van der Waals surface area contributed by atoms with E-state index in [0.717, 1.165) is 5.56 Å². The third kappa shape index (κ3) is 3.20. The predicted octanol–water partition coefficient (Wildman–Crippen LogP) is 4.15. The minimum Gasteiger partial charge on any atom is -0.362 e. The van der Waals surface area contributed by atoms with Gasteiger partial charge in [0.2, 0.25) is 0 Å². The summed E-state index contributed by atoms with van der Waals surface area (Å²) < 4.78 is 40.7. The Labute approximate surface area is 152 Å². The van der Waals surface area contributed by atoms with E-state index in [2.05, 4.69) is 5.10 Å². The van der Waals surface area contributed by atoms with Crippen molar-refractivity contribution in [1.82, 2.24) is 5.01 Å². The zero-order chi connectivity index (χ0) is 19.1. The molecule has 3 rings (SSSR count). The number of benzene rings is 2. The van der Waals surface area contributed by atoms with Crippen LogP contribution in [-0.2, 0) is 0 Å². The second-order valence-electron chi connectivity index (χ2n) is 6.03. The first-order valence-corrected chi connectivity index (χ1v) is 8.03. The molecule has 1 heterocycles. The number of carbonyl (C=O) groups is 1. The van der Waals surface area contributed by atoms with E-state index in [9.17, 15) is 23.1 Å². The Kier molecular flexibility index (Phi) is 4.54. The average Bonchev–Trinajstić information content (AvgIpc) is 2.94. The number of aliphatic hydroxyl groups is 1. The number of amides is 1. The monoisotopic (exact) mass is 382 g/mol. The number of aryl methyl sites for hydroxylation is 1. The average molecular weight is 383 g/mol. The van der Waals surface area contributed by atoms with Crippen LogP contribution in [0.25, 0.3) is 0 Å². The number of hydrazone groups is 1. The minimum atomic E-state index is -5.08. The van der Waals surface area contributed by atoms with Gasteiger partial charge in [-0.15, -0.1) is 0 Å². The molecule has 0 radical (unpaired) electrons. The third-order valence-electron chi connectivity index (χ3n) is 4.11. The van der Waals surface area contributed by atoms with Crippen LogP contribution in [-0.4, -0.2) is 33.6 Å². The zero-order valence-electron chi connectivity index (χ0n) is 13.6. The molecule has 0 spiro atoms. The van der Waals surface area contributed by atoms with Crippen molar-refractivity contribution in [2.24, 2.45) is 5.10 Å². The number of carbonyl (C=O) groups excluding carboxylic acids is 1. The highest BCUT2D eigenvalue weighted by Crippen LogP contribution is 2.42. The standard InChI is InChI=1S/C18H14ClF3N2O2/c1-11-2-4-12(5-3-11)15-10-17(26,18(20,21)22)24(23-15)16(25)13-6-8-14(19)9-7-13/h2-9,26H,10H2,1H3/t17-/m0/s1. The molecular formula is C18H14ClF3N2O2. The molecule has 0 aliphatic carbocycles. The van der Waals surface area contributed by atoms with Crippen LogP contribution in [0.4, 0.5) is 13.2 Å². The van der Waals surface area contributed by atoms with Crippen molar-refractivity contribution in [3.05, 3.63) is 70.2 Å². The van der Waals surface area contributed by atoms with Gasteiger partial charge in [-0.1, -0.05) is 41.4 Å². The van der Waals surface area contributed by atoms with Crippen LogP contribution < -0.4 is 0 Å². The Morgan fingerprint density at radius 1 is 1.15 bits per heavy atom. The maximum atomic E-state index is 13.6. The van der Waals surface area contributed by atoms with E-state index in [1.165, 1.54) is 24.3 Å². The van der Waals surface area contributed by atoms with Crippen molar-refractivity contribution in [2.45, 2.75) is 25.2 Å². The molecule has 26 heavy (non-hydrogen) atoms. The van der Waals surface area contributed by atoms with Crippen LogP contribution in [0, 0.1) is 6.92 Å². The van der Waals surface area contributed by atoms with Crippen molar-refractivity contribution in [3.8, 4) is 0 Å². The van der Waals surface area contributed by atoms with Gasteiger partial charge in [0.1, 0.15) is 0 Å². The van der Waals surface area contributed by atoms with Gasteiger partial charge in [-0.2, -0.15) is 23.3 Å². The van der Waals surface area contributed by atoms with E-state index in [4.69, 9.17) is 11.6 Å². The highest BCUT2D eigenvalue weighted by molar-refractivity contribution is 6.30. The number of alkyl halides is 3. The SMILES string of the molecule is Cc1ccc(C2=NN(C(=O)c3ccc(Cl)cc3)[C@@](O)(C(F)(F)F)C2)cc1. The maximum absolute atomic E-state index is 13.6. The first-order valence-electron chi connectivity index (χ1n) is 7.65. The van der Waals surface area contributed by atoms with E-state index < -0.39 is 24.2 Å². The first-order chi connectivity index (χ1) is 12.1. The lowest BCUT2D eigenvalue weighted by atomic mass is 10.00. The highest BCUT2D eigenvalue weighted by atomic mass is 35.5. The third-order valence-corrected chi connectivity index (χ3v) is 4.36. The van der Waals surface area contributed by atoms with Gasteiger partial charge in [0.05, 0.1) is 12.1 Å². The summed E-state index contributed by atoms with van der Waals surface area (Å²) in [7, 11) is 0. The van der Waals surface area contributed by atoms with Crippen LogP contribution in [0.1, 0.15) is 27.9 Å². The molecule has 136 valence electrons. The molecular weight excluding hydrogens is 369 g/mol. The van der Waals surface area contributed by atoms with Crippen molar-refractivity contribution in [3.63, 3.8) is 0 Å².